The van der Waals surface area contributed by atoms with Crippen LogP contribution in [0.15, 0.2) is 53.6 Å². The molecule has 1 N–H and O–H groups in total. The van der Waals surface area contributed by atoms with Crippen molar-refractivity contribution >= 4 is 11.0 Å². The van der Waals surface area contributed by atoms with Crippen LogP contribution in [0.25, 0.3) is 16.7 Å². The predicted octanol–water partition coefficient (Wildman–Crippen LogP) is 2.22. The van der Waals surface area contributed by atoms with Crippen LogP contribution in [0.1, 0.15) is 30.3 Å². The number of aromatic amines is 1. The van der Waals surface area contributed by atoms with E-state index < -0.39 is 0 Å². The first-order valence-electron chi connectivity index (χ1n) is 9.91. The smallest absolute Gasteiger partial charge is 0.262 e. The lowest BCUT2D eigenvalue weighted by Crippen LogP contribution is -2.34. The highest BCUT2D eigenvalue weighted by Gasteiger charge is 2.23. The minimum Gasteiger partial charge on any atom is -0.309 e. The van der Waals surface area contributed by atoms with Crippen LogP contribution >= 0.6 is 0 Å². The van der Waals surface area contributed by atoms with Gasteiger partial charge in [-0.05, 0) is 44.1 Å². The zero-order chi connectivity index (χ0) is 19.8. The third kappa shape index (κ3) is 3.36. The molecule has 1 aromatic carbocycles. The van der Waals surface area contributed by atoms with Gasteiger partial charge in [0.25, 0.3) is 5.56 Å². The van der Waals surface area contributed by atoms with Gasteiger partial charge in [0, 0.05) is 24.9 Å². The second-order valence-electron chi connectivity index (χ2n) is 7.57. The summed E-state index contributed by atoms with van der Waals surface area (Å²) >= 11 is 0. The number of aryl methyl sites for hydroxylation is 1. The van der Waals surface area contributed by atoms with E-state index in [1.54, 1.807) is 10.9 Å². The molecule has 29 heavy (non-hydrogen) atoms. The summed E-state index contributed by atoms with van der Waals surface area (Å²) < 4.78 is 3.70. The van der Waals surface area contributed by atoms with Crippen LogP contribution in [0.2, 0.25) is 0 Å². The molecule has 0 spiro atoms. The maximum atomic E-state index is 12.6. The van der Waals surface area contributed by atoms with Gasteiger partial charge in [0.15, 0.2) is 5.65 Å². The highest BCUT2D eigenvalue weighted by molar-refractivity contribution is 5.75. The van der Waals surface area contributed by atoms with Gasteiger partial charge in [-0.1, -0.05) is 18.2 Å². The molecule has 0 atom stereocenters. The van der Waals surface area contributed by atoms with Crippen molar-refractivity contribution in [2.45, 2.75) is 25.3 Å². The molecule has 0 saturated carbocycles. The zero-order valence-corrected chi connectivity index (χ0v) is 16.3. The van der Waals surface area contributed by atoms with E-state index in [9.17, 15) is 4.79 Å². The summed E-state index contributed by atoms with van der Waals surface area (Å²) in [4.78, 5) is 22.6. The number of fused-ring (bicyclic) bond motifs is 1. The largest absolute Gasteiger partial charge is 0.309 e. The molecule has 4 heterocycles. The van der Waals surface area contributed by atoms with E-state index in [1.165, 1.54) is 5.69 Å². The molecule has 5 rings (SSSR count). The molecule has 1 aliphatic rings. The Morgan fingerprint density at radius 2 is 1.90 bits per heavy atom. The monoisotopic (exact) mass is 389 g/mol. The summed E-state index contributed by atoms with van der Waals surface area (Å²) in [5, 5.41) is 9.17. The van der Waals surface area contributed by atoms with Gasteiger partial charge >= 0.3 is 0 Å². The quantitative estimate of drug-likeness (QED) is 0.579. The number of nitrogens with zero attached hydrogens (tertiary/aromatic N) is 6. The predicted molar refractivity (Wildman–Crippen MR) is 110 cm³/mol. The van der Waals surface area contributed by atoms with E-state index in [0.29, 0.717) is 29.3 Å². The SMILES string of the molecule is Cn1nccc1C1CCN(Cc2nc3c(cnn3-c3ccccc3)c(=O)[nH]2)CC1. The van der Waals surface area contributed by atoms with Crippen molar-refractivity contribution in [2.75, 3.05) is 13.1 Å². The molecule has 0 radical (unpaired) electrons. The standard InChI is InChI=1S/C21H23N7O/c1-26-18(7-10-22-26)15-8-11-27(12-9-15)14-19-24-20-17(21(29)25-19)13-23-28(20)16-5-3-2-4-6-16/h2-7,10,13,15H,8-9,11-12,14H2,1H3,(H,24,25,29). The molecule has 1 saturated heterocycles. The van der Waals surface area contributed by atoms with Crippen LogP contribution in [0.5, 0.6) is 0 Å². The second kappa shape index (κ2) is 7.29. The van der Waals surface area contributed by atoms with Crippen molar-refractivity contribution in [2.24, 2.45) is 7.05 Å². The number of hydrogen-bond donors (Lipinski definition) is 1. The second-order valence-corrected chi connectivity index (χ2v) is 7.57. The third-order valence-corrected chi connectivity index (χ3v) is 5.73. The molecule has 1 aliphatic heterocycles. The maximum absolute atomic E-state index is 12.6. The first-order valence-corrected chi connectivity index (χ1v) is 9.91. The molecular weight excluding hydrogens is 366 g/mol. The van der Waals surface area contributed by atoms with Gasteiger partial charge in [0.2, 0.25) is 0 Å². The van der Waals surface area contributed by atoms with Crippen LogP contribution < -0.4 is 5.56 Å². The Morgan fingerprint density at radius 3 is 2.62 bits per heavy atom. The van der Waals surface area contributed by atoms with E-state index in [1.807, 2.05) is 48.3 Å². The van der Waals surface area contributed by atoms with Gasteiger partial charge in [-0.3, -0.25) is 14.4 Å². The number of aromatic nitrogens is 6. The average molecular weight is 389 g/mol. The lowest BCUT2D eigenvalue weighted by atomic mass is 9.93. The van der Waals surface area contributed by atoms with Gasteiger partial charge in [-0.25, -0.2) is 9.67 Å². The van der Waals surface area contributed by atoms with Gasteiger partial charge in [-0.2, -0.15) is 10.2 Å². The van der Waals surface area contributed by atoms with Crippen LogP contribution in [0, 0.1) is 0 Å². The number of nitrogens with one attached hydrogen (secondary N) is 1. The van der Waals surface area contributed by atoms with Crippen molar-refractivity contribution < 1.29 is 0 Å². The van der Waals surface area contributed by atoms with Gasteiger partial charge in [0.1, 0.15) is 11.2 Å². The number of piperidine rings is 1. The van der Waals surface area contributed by atoms with E-state index in [-0.39, 0.29) is 5.56 Å². The highest BCUT2D eigenvalue weighted by Crippen LogP contribution is 2.27. The maximum Gasteiger partial charge on any atom is 0.262 e. The number of likely N-dealkylation sites (tertiary alicyclic amines) is 1. The Hall–Kier alpha value is -3.26. The van der Waals surface area contributed by atoms with Crippen LogP contribution in [-0.4, -0.2) is 47.5 Å². The Balaban J connectivity index is 1.36. The molecule has 0 unspecified atom stereocenters. The van der Waals surface area contributed by atoms with Crippen molar-refractivity contribution in [3.8, 4) is 5.69 Å². The normalized spacial score (nSPS) is 15.9. The van der Waals surface area contributed by atoms with Crippen molar-refractivity contribution in [3.05, 3.63) is 70.7 Å². The number of hydrogen-bond acceptors (Lipinski definition) is 5. The minimum absolute atomic E-state index is 0.142. The first-order chi connectivity index (χ1) is 14.2. The third-order valence-electron chi connectivity index (χ3n) is 5.73. The van der Waals surface area contributed by atoms with Gasteiger partial charge < -0.3 is 4.98 Å². The van der Waals surface area contributed by atoms with Crippen molar-refractivity contribution in [3.63, 3.8) is 0 Å². The summed E-state index contributed by atoms with van der Waals surface area (Å²) in [7, 11) is 2.00. The van der Waals surface area contributed by atoms with E-state index in [2.05, 4.69) is 26.1 Å². The summed E-state index contributed by atoms with van der Waals surface area (Å²) in [6.07, 6.45) is 5.60. The van der Waals surface area contributed by atoms with E-state index in [4.69, 9.17) is 4.98 Å². The molecule has 8 heteroatoms. The fraction of sp³-hybridized carbons (Fsp3) is 0.333. The van der Waals surface area contributed by atoms with Crippen LogP contribution in [-0.2, 0) is 13.6 Å². The van der Waals surface area contributed by atoms with Crippen LogP contribution in [0.4, 0.5) is 0 Å². The van der Waals surface area contributed by atoms with Gasteiger partial charge in [0.05, 0.1) is 18.4 Å². The Morgan fingerprint density at radius 1 is 1.10 bits per heavy atom. The minimum atomic E-state index is -0.142. The molecule has 3 aromatic heterocycles. The fourth-order valence-electron chi connectivity index (χ4n) is 4.18. The lowest BCUT2D eigenvalue weighted by molar-refractivity contribution is 0.197. The topological polar surface area (TPSA) is 84.6 Å². The number of rotatable bonds is 4. The molecule has 0 amide bonds. The van der Waals surface area contributed by atoms with Crippen molar-refractivity contribution in [1.29, 1.82) is 0 Å². The molecule has 0 bridgehead atoms. The first kappa shape index (κ1) is 17.8. The summed E-state index contributed by atoms with van der Waals surface area (Å²) in [5.74, 6) is 1.21. The van der Waals surface area contributed by atoms with E-state index in [0.717, 1.165) is 31.6 Å². The lowest BCUT2D eigenvalue weighted by Gasteiger charge is -2.31. The molecular formula is C21H23N7O. The molecule has 8 nitrogen and oxygen atoms in total. The van der Waals surface area contributed by atoms with Gasteiger partial charge in [-0.15, -0.1) is 0 Å². The highest BCUT2D eigenvalue weighted by atomic mass is 16.1. The summed E-state index contributed by atoms with van der Waals surface area (Å²) in [6, 6.07) is 11.9. The molecule has 1 fully saturated rings. The van der Waals surface area contributed by atoms with Crippen molar-refractivity contribution in [1.82, 2.24) is 34.4 Å². The molecule has 0 aliphatic carbocycles. The Labute approximate surface area is 167 Å². The number of H-pyrrole nitrogens is 1. The fourth-order valence-corrected chi connectivity index (χ4v) is 4.18. The summed E-state index contributed by atoms with van der Waals surface area (Å²) in [5.41, 5.74) is 2.64. The molecule has 148 valence electrons. The molecule has 4 aromatic rings. The summed E-state index contributed by atoms with van der Waals surface area (Å²) in [6.45, 7) is 2.56. The Bertz CT molecular complexity index is 1180. The average Bonchev–Trinajstić information content (AvgIpc) is 3.36. The van der Waals surface area contributed by atoms with Crippen LogP contribution in [0.3, 0.4) is 0 Å². The zero-order valence-electron chi connectivity index (χ0n) is 16.3. The van der Waals surface area contributed by atoms with E-state index >= 15 is 0 Å². The Kier molecular flexibility index (Phi) is 4.48. The number of para-hydroxylation sites is 1. The number of benzene rings is 1.